The van der Waals surface area contributed by atoms with Gasteiger partial charge in [0.1, 0.15) is 30.1 Å². The van der Waals surface area contributed by atoms with E-state index in [-0.39, 0.29) is 43.8 Å². The molecular formula is C20H20ClF3N6O4. The first-order chi connectivity index (χ1) is 16.1. The van der Waals surface area contributed by atoms with Crippen LogP contribution >= 0.6 is 11.6 Å². The molecule has 182 valence electrons. The zero-order valence-corrected chi connectivity index (χ0v) is 18.4. The number of nitro groups is 1. The van der Waals surface area contributed by atoms with Crippen molar-refractivity contribution in [3.8, 4) is 5.75 Å². The number of alkyl halides is 3. The van der Waals surface area contributed by atoms with Gasteiger partial charge >= 0.3 is 17.3 Å². The molecule has 10 nitrogen and oxygen atoms in total. The molecule has 34 heavy (non-hydrogen) atoms. The van der Waals surface area contributed by atoms with Crippen LogP contribution in [0.1, 0.15) is 17.9 Å². The Bertz CT molecular complexity index is 1160. The normalized spacial score (nSPS) is 14.7. The quantitative estimate of drug-likeness (QED) is 0.372. The highest BCUT2D eigenvalue weighted by Crippen LogP contribution is 2.32. The lowest BCUT2D eigenvalue weighted by molar-refractivity contribution is -0.389. The maximum atomic E-state index is 13.0. The van der Waals surface area contributed by atoms with Crippen LogP contribution < -0.4 is 9.64 Å². The van der Waals surface area contributed by atoms with Crippen LogP contribution in [0.15, 0.2) is 36.7 Å². The molecule has 1 aliphatic heterocycles. The molecule has 1 aromatic carbocycles. The first-order valence-electron chi connectivity index (χ1n) is 10.3. The molecule has 0 bridgehead atoms. The highest BCUT2D eigenvalue weighted by atomic mass is 35.5. The molecule has 0 saturated carbocycles. The molecule has 4 rings (SSSR count). The van der Waals surface area contributed by atoms with E-state index in [4.69, 9.17) is 16.3 Å². The number of fused-ring (bicyclic) bond motifs is 1. The molecule has 0 spiro atoms. The van der Waals surface area contributed by atoms with Gasteiger partial charge in [-0.25, -0.2) is 4.98 Å². The molecule has 0 saturated heterocycles. The summed E-state index contributed by atoms with van der Waals surface area (Å²) in [6.07, 6.45) is -2.97. The Hall–Kier alpha value is -3.32. The smallest absolute Gasteiger partial charge is 0.433 e. The summed E-state index contributed by atoms with van der Waals surface area (Å²) in [5, 5.41) is 20.9. The predicted molar refractivity (Wildman–Crippen MR) is 115 cm³/mol. The average Bonchev–Trinajstić information content (AvgIpc) is 3.39. The predicted octanol–water partition coefficient (Wildman–Crippen LogP) is 3.51. The van der Waals surface area contributed by atoms with Crippen molar-refractivity contribution in [2.75, 3.05) is 18.1 Å². The Morgan fingerprint density at radius 3 is 2.65 bits per heavy atom. The van der Waals surface area contributed by atoms with Crippen LogP contribution in [-0.4, -0.2) is 48.4 Å². The zero-order chi connectivity index (χ0) is 24.5. The minimum absolute atomic E-state index is 0.00484. The number of aryl methyl sites for hydroxylation is 1. The second-order valence-electron chi connectivity index (χ2n) is 7.70. The standard InChI is InChI=1S/C20H20ClF3N6O4/c21-19-26-18(30(32)33)11-28(19)6-5-14(31)12-34-15-3-1-13(2-4-15)27-7-8-29-16(20(22,23)24)9-25-17(29)10-27/h1-4,9,11,14,31H,5-8,10,12H2. The van der Waals surface area contributed by atoms with E-state index in [1.807, 2.05) is 4.90 Å². The summed E-state index contributed by atoms with van der Waals surface area (Å²) in [6.45, 7) is 1.06. The number of aromatic nitrogens is 4. The number of hydrogen-bond acceptors (Lipinski definition) is 7. The number of imidazole rings is 2. The Morgan fingerprint density at radius 1 is 1.26 bits per heavy atom. The van der Waals surface area contributed by atoms with Crippen LogP contribution in [0.3, 0.4) is 0 Å². The van der Waals surface area contributed by atoms with Crippen molar-refractivity contribution in [1.82, 2.24) is 19.1 Å². The van der Waals surface area contributed by atoms with E-state index in [9.17, 15) is 28.4 Å². The number of hydrogen-bond donors (Lipinski definition) is 1. The Morgan fingerprint density at radius 2 is 2.00 bits per heavy atom. The van der Waals surface area contributed by atoms with Crippen molar-refractivity contribution in [2.24, 2.45) is 0 Å². The lowest BCUT2D eigenvalue weighted by Gasteiger charge is -2.30. The third kappa shape index (κ3) is 5.25. The third-order valence-electron chi connectivity index (χ3n) is 5.40. The number of aliphatic hydroxyl groups excluding tert-OH is 1. The maximum Gasteiger partial charge on any atom is 0.433 e. The van der Waals surface area contributed by atoms with Crippen molar-refractivity contribution in [3.05, 3.63) is 63.6 Å². The summed E-state index contributed by atoms with van der Waals surface area (Å²) in [5.74, 6) is 0.497. The summed E-state index contributed by atoms with van der Waals surface area (Å²) in [6, 6.07) is 6.99. The van der Waals surface area contributed by atoms with Gasteiger partial charge in [0.2, 0.25) is 0 Å². The summed E-state index contributed by atoms with van der Waals surface area (Å²) in [5.41, 5.74) is 0.0741. The average molecular weight is 501 g/mol. The van der Waals surface area contributed by atoms with E-state index < -0.39 is 22.9 Å². The number of nitrogens with zero attached hydrogens (tertiary/aromatic N) is 6. The van der Waals surface area contributed by atoms with Crippen molar-refractivity contribution in [1.29, 1.82) is 0 Å². The number of ether oxygens (including phenoxy) is 1. The lowest BCUT2D eigenvalue weighted by atomic mass is 10.2. The van der Waals surface area contributed by atoms with E-state index in [0.29, 0.717) is 18.1 Å². The maximum absolute atomic E-state index is 13.0. The molecular weight excluding hydrogens is 481 g/mol. The van der Waals surface area contributed by atoms with Gasteiger partial charge in [0.05, 0.1) is 18.8 Å². The summed E-state index contributed by atoms with van der Waals surface area (Å²) in [7, 11) is 0. The largest absolute Gasteiger partial charge is 0.491 e. The molecule has 2 aromatic heterocycles. The van der Waals surface area contributed by atoms with Crippen LogP contribution in [0.25, 0.3) is 0 Å². The second-order valence-corrected chi connectivity index (χ2v) is 8.03. The molecule has 0 amide bonds. The minimum Gasteiger partial charge on any atom is -0.491 e. The Balaban J connectivity index is 1.28. The minimum atomic E-state index is -4.43. The SMILES string of the molecule is O=[N+]([O-])c1cn(CCC(O)COc2ccc(N3CCn4c(C(F)(F)F)cnc4C3)cc2)c(Cl)n1. The van der Waals surface area contributed by atoms with E-state index in [0.717, 1.165) is 11.9 Å². The van der Waals surface area contributed by atoms with E-state index >= 15 is 0 Å². The van der Waals surface area contributed by atoms with Gasteiger partial charge in [-0.05, 0) is 52.2 Å². The zero-order valence-electron chi connectivity index (χ0n) is 17.7. The molecule has 14 heteroatoms. The van der Waals surface area contributed by atoms with Gasteiger partial charge in [-0.2, -0.15) is 13.2 Å². The fourth-order valence-corrected chi connectivity index (χ4v) is 3.87. The number of halogens is 4. The third-order valence-corrected chi connectivity index (χ3v) is 5.71. The van der Waals surface area contributed by atoms with Gasteiger partial charge in [0.15, 0.2) is 0 Å². The molecule has 1 aliphatic rings. The van der Waals surface area contributed by atoms with Gasteiger partial charge in [-0.15, -0.1) is 0 Å². The van der Waals surface area contributed by atoms with Gasteiger partial charge in [-0.1, -0.05) is 0 Å². The highest BCUT2D eigenvalue weighted by molar-refractivity contribution is 6.28. The fourth-order valence-electron chi connectivity index (χ4n) is 3.65. The molecule has 0 radical (unpaired) electrons. The van der Waals surface area contributed by atoms with Gasteiger partial charge in [-0.3, -0.25) is 4.57 Å². The molecule has 1 unspecified atom stereocenters. The van der Waals surface area contributed by atoms with Crippen molar-refractivity contribution in [3.63, 3.8) is 0 Å². The Kier molecular flexibility index (Phi) is 6.66. The van der Waals surface area contributed by atoms with Crippen molar-refractivity contribution < 1.29 is 27.9 Å². The first kappa shape index (κ1) is 23.8. The molecule has 3 heterocycles. The second kappa shape index (κ2) is 9.50. The van der Waals surface area contributed by atoms with Gasteiger partial charge < -0.3 is 29.4 Å². The van der Waals surface area contributed by atoms with Crippen LogP contribution in [0.2, 0.25) is 5.28 Å². The molecule has 1 N–H and O–H groups in total. The number of benzene rings is 1. The topological polar surface area (TPSA) is 111 Å². The van der Waals surface area contributed by atoms with E-state index in [2.05, 4.69) is 9.97 Å². The van der Waals surface area contributed by atoms with E-state index in [1.165, 1.54) is 15.3 Å². The van der Waals surface area contributed by atoms with Gasteiger partial charge in [0.25, 0.3) is 0 Å². The summed E-state index contributed by atoms with van der Waals surface area (Å²) < 4.78 is 47.3. The monoisotopic (exact) mass is 500 g/mol. The molecule has 0 fully saturated rings. The van der Waals surface area contributed by atoms with Crippen LogP contribution in [0.4, 0.5) is 24.7 Å². The number of anilines is 1. The van der Waals surface area contributed by atoms with Crippen molar-refractivity contribution in [2.45, 2.75) is 38.3 Å². The first-order valence-corrected chi connectivity index (χ1v) is 10.6. The summed E-state index contributed by atoms with van der Waals surface area (Å²) in [4.78, 5) is 19.5. The highest BCUT2D eigenvalue weighted by Gasteiger charge is 2.37. The molecule has 0 aliphatic carbocycles. The lowest BCUT2D eigenvalue weighted by Crippen LogP contribution is -2.35. The van der Waals surface area contributed by atoms with Crippen LogP contribution in [-0.2, 0) is 25.8 Å². The van der Waals surface area contributed by atoms with Gasteiger partial charge in [0, 0.05) is 25.3 Å². The Labute approximate surface area is 196 Å². The molecule has 3 aromatic rings. The van der Waals surface area contributed by atoms with Crippen molar-refractivity contribution >= 4 is 23.1 Å². The fraction of sp³-hybridized carbons (Fsp3) is 0.400. The summed E-state index contributed by atoms with van der Waals surface area (Å²) >= 11 is 5.85. The molecule has 1 atom stereocenters. The van der Waals surface area contributed by atoms with E-state index in [1.54, 1.807) is 24.3 Å². The number of rotatable bonds is 8. The van der Waals surface area contributed by atoms with Crippen LogP contribution in [0, 0.1) is 10.1 Å². The van der Waals surface area contributed by atoms with Crippen LogP contribution in [0.5, 0.6) is 5.75 Å². The number of aliphatic hydroxyl groups is 1.